The number of nitrogens with two attached hydrogens (primary N) is 2. The Kier molecular flexibility index (Phi) is 11.3. The summed E-state index contributed by atoms with van der Waals surface area (Å²) in [4.78, 5) is 41.1. The molecule has 17 heteroatoms. The van der Waals surface area contributed by atoms with E-state index in [9.17, 15) is 9.59 Å². The molecule has 5 heterocycles. The Labute approximate surface area is 323 Å². The lowest BCUT2D eigenvalue weighted by Gasteiger charge is -2.26. The van der Waals surface area contributed by atoms with Gasteiger partial charge in [-0.2, -0.15) is 5.10 Å². The van der Waals surface area contributed by atoms with E-state index in [1.807, 2.05) is 58.9 Å². The summed E-state index contributed by atoms with van der Waals surface area (Å²) in [6.45, 7) is 13.8. The number of hydrogen-bond donors (Lipinski definition) is 4. The molecule has 6 N–H and O–H groups in total. The molecule has 0 atom stereocenters. The van der Waals surface area contributed by atoms with E-state index >= 15 is 0 Å². The van der Waals surface area contributed by atoms with E-state index in [4.69, 9.17) is 35.3 Å². The van der Waals surface area contributed by atoms with Crippen LogP contribution < -0.4 is 26.8 Å². The zero-order valence-electron chi connectivity index (χ0n) is 32.2. The second-order valence-corrected chi connectivity index (χ2v) is 13.6. The van der Waals surface area contributed by atoms with Gasteiger partial charge in [-0.3, -0.25) is 19.8 Å². The van der Waals surface area contributed by atoms with Crippen molar-refractivity contribution in [3.05, 3.63) is 77.0 Å². The predicted octanol–water partition coefficient (Wildman–Crippen LogP) is 4.81. The van der Waals surface area contributed by atoms with Crippen molar-refractivity contribution in [2.75, 3.05) is 50.1 Å². The Balaban J connectivity index is 1.22. The van der Waals surface area contributed by atoms with Gasteiger partial charge in [-0.05, 0) is 57.0 Å². The molecule has 56 heavy (non-hydrogen) atoms. The van der Waals surface area contributed by atoms with E-state index in [1.165, 1.54) is 0 Å². The summed E-state index contributed by atoms with van der Waals surface area (Å²) >= 11 is 0. The Morgan fingerprint density at radius 3 is 2.34 bits per heavy atom. The van der Waals surface area contributed by atoms with E-state index in [2.05, 4.69) is 25.6 Å². The number of carbonyl (C=O) groups excluding carboxylic acids is 2. The first-order valence-electron chi connectivity index (χ1n) is 18.9. The number of fused-ring (bicyclic) bond motifs is 2. The molecule has 7 rings (SSSR count). The number of nitrogens with one attached hydrogen (secondary N) is 2. The van der Waals surface area contributed by atoms with Crippen LogP contribution in [0.25, 0.3) is 22.1 Å². The van der Waals surface area contributed by atoms with Crippen LogP contribution in [0.3, 0.4) is 0 Å². The molecule has 294 valence electrons. The van der Waals surface area contributed by atoms with Crippen molar-refractivity contribution in [2.24, 2.45) is 11.5 Å². The molecule has 0 unspecified atom stereocenters. The number of ether oxygens (including phenoxy) is 2. The first-order chi connectivity index (χ1) is 27.1. The number of amides is 2. The fraction of sp³-hybridized carbons (Fsp3) is 0.385. The molecule has 1 aliphatic heterocycles. The van der Waals surface area contributed by atoms with Gasteiger partial charge in [0.15, 0.2) is 5.89 Å². The predicted molar refractivity (Wildman–Crippen MR) is 213 cm³/mol. The molecule has 17 nitrogen and oxygen atoms in total. The fourth-order valence-electron chi connectivity index (χ4n) is 6.88. The number of aromatic nitrogens is 7. The summed E-state index contributed by atoms with van der Waals surface area (Å²) in [6, 6.07) is 10.5. The summed E-state index contributed by atoms with van der Waals surface area (Å²) in [6.07, 6.45) is 5.51. The molecule has 1 aliphatic rings. The largest absolute Gasteiger partial charge is 0.491 e. The van der Waals surface area contributed by atoms with Crippen molar-refractivity contribution in [1.82, 2.24) is 38.8 Å². The third-order valence-electron chi connectivity index (χ3n) is 9.65. The van der Waals surface area contributed by atoms with E-state index in [1.54, 1.807) is 31.2 Å². The van der Waals surface area contributed by atoms with Crippen LogP contribution in [0.2, 0.25) is 0 Å². The quantitative estimate of drug-likeness (QED) is 0.0728. The lowest BCUT2D eigenvalue weighted by molar-refractivity contribution is 0.0358. The summed E-state index contributed by atoms with van der Waals surface area (Å²) in [7, 11) is 0. The van der Waals surface area contributed by atoms with Gasteiger partial charge in [0.25, 0.3) is 0 Å². The van der Waals surface area contributed by atoms with Gasteiger partial charge in [-0.25, -0.2) is 19.6 Å². The maximum absolute atomic E-state index is 12.5. The van der Waals surface area contributed by atoms with Gasteiger partial charge in [0.05, 0.1) is 42.1 Å². The number of anilines is 4. The first kappa shape index (κ1) is 38.1. The van der Waals surface area contributed by atoms with Crippen molar-refractivity contribution >= 4 is 57.5 Å². The molecule has 0 saturated carbocycles. The van der Waals surface area contributed by atoms with Crippen molar-refractivity contribution < 1.29 is 23.5 Å². The number of primary amides is 2. The van der Waals surface area contributed by atoms with Crippen LogP contribution in [0.5, 0.6) is 5.75 Å². The van der Waals surface area contributed by atoms with Gasteiger partial charge in [-0.15, -0.1) is 0 Å². The summed E-state index contributed by atoms with van der Waals surface area (Å²) in [5, 5.41) is 11.4. The van der Waals surface area contributed by atoms with Gasteiger partial charge < -0.3 is 39.8 Å². The Bertz CT molecular complexity index is 2400. The standard InChI is InChI=1S/C39H48N12O5/c1-5-28-37(56-25(4)42-28)46-39-43-29-21-26(35(40)52)10-11-31(29)49(39)13-7-8-14-50-34-30(44-38(50)45-33-20-24(3)47-51(33)6-2)22-27(36(41)53)23-32(34)55-17-9-12-48-15-18-54-19-16-48/h7-8,10-11,20-23H,5-6,9,12-19H2,1-4H3,(H2,40,52)(H2,41,53)(H,43,46)(H,44,45)/b8-7+. The number of benzene rings is 2. The molecule has 2 amide bonds. The number of morpholine rings is 1. The number of nitrogens with zero attached hydrogens (tertiary/aromatic N) is 8. The summed E-state index contributed by atoms with van der Waals surface area (Å²) < 4.78 is 23.7. The highest BCUT2D eigenvalue weighted by molar-refractivity contribution is 5.99. The highest BCUT2D eigenvalue weighted by Crippen LogP contribution is 2.33. The van der Waals surface area contributed by atoms with Gasteiger partial charge >= 0.3 is 0 Å². The van der Waals surface area contributed by atoms with Crippen molar-refractivity contribution in [3.8, 4) is 5.75 Å². The smallest absolute Gasteiger partial charge is 0.248 e. The van der Waals surface area contributed by atoms with Crippen molar-refractivity contribution in [3.63, 3.8) is 0 Å². The van der Waals surface area contributed by atoms with E-state index in [0.29, 0.717) is 84.2 Å². The number of aryl methyl sites for hydroxylation is 4. The van der Waals surface area contributed by atoms with E-state index in [-0.39, 0.29) is 0 Å². The van der Waals surface area contributed by atoms with Crippen molar-refractivity contribution in [1.29, 1.82) is 0 Å². The molecule has 2 aromatic carbocycles. The number of oxazole rings is 1. The monoisotopic (exact) mass is 764 g/mol. The maximum atomic E-state index is 12.5. The highest BCUT2D eigenvalue weighted by Gasteiger charge is 2.21. The lowest BCUT2D eigenvalue weighted by Crippen LogP contribution is -2.37. The molecule has 4 aromatic heterocycles. The normalized spacial score (nSPS) is 13.6. The van der Waals surface area contributed by atoms with Crippen LogP contribution in [0.15, 0.2) is 53.0 Å². The Morgan fingerprint density at radius 2 is 1.61 bits per heavy atom. The summed E-state index contributed by atoms with van der Waals surface area (Å²) in [5.74, 6) is 2.30. The lowest BCUT2D eigenvalue weighted by atomic mass is 10.1. The average Bonchev–Trinajstić information content (AvgIpc) is 3.93. The highest BCUT2D eigenvalue weighted by atomic mass is 16.5. The zero-order valence-corrected chi connectivity index (χ0v) is 32.2. The minimum Gasteiger partial charge on any atom is -0.491 e. The van der Waals surface area contributed by atoms with Crippen LogP contribution in [0.1, 0.15) is 58.3 Å². The SMILES string of the molecule is CCc1nc(C)oc1Nc1nc2cc(C(N)=O)ccc2n1C/C=C/Cn1c(Nc2cc(C)nn2CC)nc2cc(C(N)=O)cc(OCCCN3CCOCC3)c21. The second kappa shape index (κ2) is 16.7. The molecule has 1 saturated heterocycles. The van der Waals surface area contributed by atoms with Gasteiger partial charge in [0.1, 0.15) is 22.8 Å². The second-order valence-electron chi connectivity index (χ2n) is 13.6. The van der Waals surface area contributed by atoms with E-state index in [0.717, 1.165) is 67.5 Å². The zero-order chi connectivity index (χ0) is 39.3. The van der Waals surface area contributed by atoms with Crippen LogP contribution in [0, 0.1) is 13.8 Å². The average molecular weight is 765 g/mol. The molecule has 0 bridgehead atoms. The molecule has 6 aromatic rings. The number of carbonyl (C=O) groups is 2. The molecular formula is C39H48N12O5. The number of hydrogen-bond acceptors (Lipinski definition) is 12. The number of allylic oxidation sites excluding steroid dienone is 2. The van der Waals surface area contributed by atoms with Crippen LogP contribution in [-0.4, -0.2) is 90.0 Å². The Hall–Kier alpha value is -6.20. The Morgan fingerprint density at radius 1 is 0.893 bits per heavy atom. The van der Waals surface area contributed by atoms with Crippen molar-refractivity contribution in [2.45, 2.75) is 60.2 Å². The van der Waals surface area contributed by atoms with Crippen LogP contribution in [-0.2, 0) is 30.8 Å². The van der Waals surface area contributed by atoms with E-state index < -0.39 is 11.8 Å². The third kappa shape index (κ3) is 8.23. The summed E-state index contributed by atoms with van der Waals surface area (Å²) in [5.41, 5.74) is 16.4. The fourth-order valence-corrected chi connectivity index (χ4v) is 6.88. The molecule has 0 aliphatic carbocycles. The number of rotatable bonds is 17. The van der Waals surface area contributed by atoms with Gasteiger partial charge in [0, 0.05) is 63.4 Å². The molecule has 1 fully saturated rings. The van der Waals surface area contributed by atoms with Gasteiger partial charge in [0.2, 0.25) is 29.6 Å². The topological polar surface area (TPSA) is 211 Å². The maximum Gasteiger partial charge on any atom is 0.248 e. The molecular weight excluding hydrogens is 717 g/mol. The van der Waals surface area contributed by atoms with Crippen LogP contribution in [0.4, 0.5) is 23.6 Å². The minimum atomic E-state index is -0.569. The molecule has 0 radical (unpaired) electrons. The van der Waals surface area contributed by atoms with Gasteiger partial charge in [-0.1, -0.05) is 19.1 Å². The minimum absolute atomic E-state index is 0.307. The van der Waals surface area contributed by atoms with Crippen LogP contribution >= 0.6 is 0 Å². The molecule has 0 spiro atoms. The number of imidazole rings is 2. The first-order valence-corrected chi connectivity index (χ1v) is 18.9. The third-order valence-corrected chi connectivity index (χ3v) is 9.65.